The van der Waals surface area contributed by atoms with E-state index in [4.69, 9.17) is 21.1 Å². The molecular weight excluding hydrogens is 738 g/mol. The van der Waals surface area contributed by atoms with E-state index >= 15 is 0 Å². The molecule has 2 aromatic carbocycles. The number of carbonyl (C=O) groups excluding carboxylic acids is 1. The molecule has 194 valence electrons. The molecule has 0 amide bonds. The molecule has 3 aromatic rings. The van der Waals surface area contributed by atoms with Crippen LogP contribution in [0.3, 0.4) is 0 Å². The van der Waals surface area contributed by atoms with Crippen LogP contribution in [-0.4, -0.2) is 22.7 Å². The molecule has 37 heavy (non-hydrogen) atoms. The van der Waals surface area contributed by atoms with Gasteiger partial charge in [0.2, 0.25) is 0 Å². The van der Waals surface area contributed by atoms with E-state index in [2.05, 4.69) is 50.2 Å². The molecule has 0 saturated heterocycles. The average Bonchev–Trinajstić information content (AvgIpc) is 3.09. The number of thiazole rings is 1. The smallest absolute Gasteiger partial charge is 0.338 e. The summed E-state index contributed by atoms with van der Waals surface area (Å²) in [5, 5.41) is 0.567. The molecule has 2 heterocycles. The van der Waals surface area contributed by atoms with E-state index < -0.39 is 12.0 Å². The number of carbonyl (C=O) groups is 1. The van der Waals surface area contributed by atoms with Crippen LogP contribution >= 0.6 is 68.1 Å². The highest BCUT2D eigenvalue weighted by atomic mass is 127. The monoisotopic (exact) mass is 762 g/mol. The fourth-order valence-corrected chi connectivity index (χ4v) is 7.23. The summed E-state index contributed by atoms with van der Waals surface area (Å²) in [5.41, 5.74) is 2.28. The van der Waals surface area contributed by atoms with Gasteiger partial charge in [-0.1, -0.05) is 35.1 Å². The molecule has 1 aromatic heterocycles. The number of fused-ring (bicyclic) bond motifs is 1. The Morgan fingerprint density at radius 3 is 2.30 bits per heavy atom. The van der Waals surface area contributed by atoms with Crippen molar-refractivity contribution in [1.29, 1.82) is 0 Å². The Morgan fingerprint density at radius 2 is 1.73 bits per heavy atom. The normalized spacial score (nSPS) is 15.7. The predicted molar refractivity (Wildman–Crippen MR) is 164 cm³/mol. The largest absolute Gasteiger partial charge is 0.489 e. The Bertz CT molecular complexity index is 1550. The maximum atomic E-state index is 13.8. The summed E-state index contributed by atoms with van der Waals surface area (Å²) < 4.78 is 15.5. The second kappa shape index (κ2) is 11.6. The predicted octanol–water partition coefficient (Wildman–Crippen LogP) is 5.84. The highest BCUT2D eigenvalue weighted by molar-refractivity contribution is 14.1. The Kier molecular flexibility index (Phi) is 8.86. The molecule has 10 heteroatoms. The Balaban J connectivity index is 1.89. The van der Waals surface area contributed by atoms with Crippen LogP contribution in [0, 0.1) is 7.14 Å². The molecule has 0 unspecified atom stereocenters. The summed E-state index contributed by atoms with van der Waals surface area (Å²) in [7, 11) is 0. The van der Waals surface area contributed by atoms with Crippen LogP contribution in [-0.2, 0) is 9.53 Å². The van der Waals surface area contributed by atoms with Crippen molar-refractivity contribution in [2.45, 2.75) is 52.9 Å². The summed E-state index contributed by atoms with van der Waals surface area (Å²) in [6.07, 6.45) is 1.61. The molecule has 0 N–H and O–H groups in total. The molecule has 0 bridgehead atoms. The molecular formula is C27H25ClI2N2O4S. The van der Waals surface area contributed by atoms with Crippen molar-refractivity contribution >= 4 is 80.2 Å². The van der Waals surface area contributed by atoms with E-state index in [1.807, 2.05) is 44.2 Å². The molecule has 1 aliphatic rings. The van der Waals surface area contributed by atoms with Gasteiger partial charge in [-0.2, -0.15) is 0 Å². The first kappa shape index (κ1) is 28.3. The highest BCUT2D eigenvalue weighted by Crippen LogP contribution is 2.32. The van der Waals surface area contributed by atoms with Crippen LogP contribution in [0.4, 0.5) is 0 Å². The zero-order valence-electron chi connectivity index (χ0n) is 20.8. The van der Waals surface area contributed by atoms with Crippen LogP contribution in [0.2, 0.25) is 5.02 Å². The maximum Gasteiger partial charge on any atom is 0.338 e. The summed E-state index contributed by atoms with van der Waals surface area (Å²) in [5.74, 6) is 0.344. The van der Waals surface area contributed by atoms with Crippen molar-refractivity contribution in [3.63, 3.8) is 0 Å². The van der Waals surface area contributed by atoms with Gasteiger partial charge in [-0.25, -0.2) is 9.79 Å². The first-order chi connectivity index (χ1) is 17.5. The molecule has 6 nitrogen and oxygen atoms in total. The maximum absolute atomic E-state index is 13.8. The van der Waals surface area contributed by atoms with E-state index in [9.17, 15) is 9.59 Å². The average molecular weight is 763 g/mol. The highest BCUT2D eigenvalue weighted by Gasteiger charge is 2.33. The van der Waals surface area contributed by atoms with Gasteiger partial charge in [0.1, 0.15) is 5.75 Å². The van der Waals surface area contributed by atoms with Crippen LogP contribution in [0.15, 0.2) is 57.5 Å². The number of halogens is 3. The lowest BCUT2D eigenvalue weighted by Crippen LogP contribution is -2.40. The molecule has 1 atom stereocenters. The number of nitrogens with zero attached hydrogens (tertiary/aromatic N) is 2. The van der Waals surface area contributed by atoms with E-state index in [0.717, 1.165) is 24.0 Å². The third kappa shape index (κ3) is 6.15. The molecule has 0 spiro atoms. The fourth-order valence-electron chi connectivity index (χ4n) is 3.98. The first-order valence-corrected chi connectivity index (χ1v) is 15.0. The van der Waals surface area contributed by atoms with Crippen molar-refractivity contribution in [2.75, 3.05) is 0 Å². The summed E-state index contributed by atoms with van der Waals surface area (Å²) in [6, 6.07) is 10.4. The summed E-state index contributed by atoms with van der Waals surface area (Å²) in [6.45, 7) is 9.34. The van der Waals surface area contributed by atoms with Crippen molar-refractivity contribution in [2.24, 2.45) is 4.99 Å². The van der Waals surface area contributed by atoms with Gasteiger partial charge in [0, 0.05) is 5.02 Å². The SMILES string of the molecule is CC1=C(C(=O)OC(C)C)[C@@H](c2ccc(Cl)cc2)n2c(s/c(=C\c3cc(I)c(OC(C)C)c(I)c3)c2=O)=N1. The summed E-state index contributed by atoms with van der Waals surface area (Å²) >= 11 is 11.9. The Morgan fingerprint density at radius 1 is 1.11 bits per heavy atom. The van der Waals surface area contributed by atoms with Crippen molar-refractivity contribution in [3.05, 3.63) is 90.6 Å². The van der Waals surface area contributed by atoms with Gasteiger partial charge in [0.25, 0.3) is 5.56 Å². The minimum atomic E-state index is -0.677. The number of benzene rings is 2. The lowest BCUT2D eigenvalue weighted by atomic mass is 9.96. The lowest BCUT2D eigenvalue weighted by molar-refractivity contribution is -0.143. The number of hydrogen-bond donors (Lipinski definition) is 0. The second-order valence-electron chi connectivity index (χ2n) is 9.07. The van der Waals surface area contributed by atoms with E-state index in [1.54, 1.807) is 37.5 Å². The van der Waals surface area contributed by atoms with Crippen LogP contribution in [0.1, 0.15) is 51.8 Å². The molecule has 0 aliphatic carbocycles. The van der Waals surface area contributed by atoms with E-state index in [-0.39, 0.29) is 17.8 Å². The van der Waals surface area contributed by atoms with Gasteiger partial charge in [0.05, 0.1) is 41.2 Å². The van der Waals surface area contributed by atoms with Gasteiger partial charge in [-0.05, 0) is 121 Å². The number of allylic oxidation sites excluding steroid dienone is 1. The molecule has 0 radical (unpaired) electrons. The minimum absolute atomic E-state index is 0.0595. The topological polar surface area (TPSA) is 69.9 Å². The van der Waals surface area contributed by atoms with Gasteiger partial charge in [-0.3, -0.25) is 9.36 Å². The Hall–Kier alpha value is -1.70. The number of ether oxygens (including phenoxy) is 2. The molecule has 0 fully saturated rings. The van der Waals surface area contributed by atoms with E-state index in [0.29, 0.717) is 25.6 Å². The quantitative estimate of drug-likeness (QED) is 0.234. The van der Waals surface area contributed by atoms with Crippen LogP contribution in [0.25, 0.3) is 6.08 Å². The number of hydrogen-bond acceptors (Lipinski definition) is 6. The second-order valence-corrected chi connectivity index (χ2v) is 12.8. The van der Waals surface area contributed by atoms with Crippen molar-refractivity contribution in [3.8, 4) is 5.75 Å². The van der Waals surface area contributed by atoms with Gasteiger partial charge < -0.3 is 9.47 Å². The van der Waals surface area contributed by atoms with E-state index in [1.165, 1.54) is 11.3 Å². The number of aromatic nitrogens is 1. The zero-order valence-corrected chi connectivity index (χ0v) is 26.7. The number of esters is 1. The van der Waals surface area contributed by atoms with Gasteiger partial charge in [0.15, 0.2) is 4.80 Å². The van der Waals surface area contributed by atoms with Crippen LogP contribution in [0.5, 0.6) is 5.75 Å². The minimum Gasteiger partial charge on any atom is -0.489 e. The van der Waals surface area contributed by atoms with Gasteiger partial charge in [-0.15, -0.1) is 0 Å². The van der Waals surface area contributed by atoms with Crippen LogP contribution < -0.4 is 19.6 Å². The molecule has 0 saturated carbocycles. The fraction of sp³-hybridized carbons (Fsp3) is 0.296. The van der Waals surface area contributed by atoms with Crippen molar-refractivity contribution in [1.82, 2.24) is 4.57 Å². The van der Waals surface area contributed by atoms with Crippen molar-refractivity contribution < 1.29 is 14.3 Å². The third-order valence-corrected chi connectivity index (χ3v) is 8.28. The zero-order chi connectivity index (χ0) is 27.0. The van der Waals surface area contributed by atoms with Gasteiger partial charge >= 0.3 is 5.97 Å². The molecule has 1 aliphatic heterocycles. The third-order valence-electron chi connectivity index (χ3n) is 5.44. The Labute approximate surface area is 251 Å². The standard InChI is InChI=1S/C27H25ClI2N2O4S/c1-13(2)35-24-19(29)10-16(11-20(24)30)12-21-25(33)32-23(17-6-8-18(28)9-7-17)22(26(34)36-14(3)4)15(5)31-27(32)37-21/h6-14,23H,1-5H3/b21-12-/t23-/m1/s1. The first-order valence-electron chi connectivity index (χ1n) is 11.6. The lowest BCUT2D eigenvalue weighted by Gasteiger charge is -2.25. The summed E-state index contributed by atoms with van der Waals surface area (Å²) in [4.78, 5) is 32.1. The molecule has 4 rings (SSSR count). The number of rotatable bonds is 6.